The van der Waals surface area contributed by atoms with Crippen LogP contribution in [0.2, 0.25) is 0 Å². The van der Waals surface area contributed by atoms with Crippen molar-refractivity contribution in [2.24, 2.45) is 0 Å². The van der Waals surface area contributed by atoms with E-state index in [1.807, 2.05) is 60.7 Å². The molecule has 256 valence electrons. The second kappa shape index (κ2) is 12.0. The van der Waals surface area contributed by atoms with Crippen molar-refractivity contribution in [2.75, 3.05) is 0 Å². The number of aromatic nitrogens is 2. The predicted octanol–water partition coefficient (Wildman–Crippen LogP) is 13.7. The molecule has 53 heavy (non-hydrogen) atoms. The molecule has 0 unspecified atom stereocenters. The Labute approximate surface area is 304 Å². The lowest BCUT2D eigenvalue weighted by Gasteiger charge is -2.20. The maximum absolute atomic E-state index is 14.1. The summed E-state index contributed by atoms with van der Waals surface area (Å²) in [4.78, 5) is 3.85. The normalized spacial score (nSPS) is 11.9. The number of para-hydroxylation sites is 2. The summed E-state index contributed by atoms with van der Waals surface area (Å²) in [7, 11) is 0. The van der Waals surface area contributed by atoms with E-state index < -0.39 is 11.7 Å². The SMILES string of the molecule is [C-]#[N+]c1ccc(-n2c3ccccc3c3cc(C)ccc32)c(-c2ccc(-c3cc(C)cc(C(F)(F)F)c3)cc2-n2c3ccccc3c3cc(C)ccc32)c1. The molecule has 0 radical (unpaired) electrons. The highest BCUT2D eigenvalue weighted by atomic mass is 19.4. The molecule has 3 nitrogen and oxygen atoms in total. The van der Waals surface area contributed by atoms with E-state index in [1.54, 1.807) is 13.0 Å². The molecule has 2 heterocycles. The van der Waals surface area contributed by atoms with Crippen molar-refractivity contribution in [2.45, 2.75) is 26.9 Å². The molecule has 0 aliphatic carbocycles. The minimum atomic E-state index is -4.48. The average molecular weight is 696 g/mol. The maximum atomic E-state index is 14.1. The van der Waals surface area contributed by atoms with E-state index in [4.69, 9.17) is 6.57 Å². The van der Waals surface area contributed by atoms with Crippen LogP contribution in [0.25, 0.3) is 82.1 Å². The van der Waals surface area contributed by atoms with E-state index in [2.05, 4.69) is 88.5 Å². The monoisotopic (exact) mass is 695 g/mol. The van der Waals surface area contributed by atoms with E-state index in [-0.39, 0.29) is 0 Å². The highest BCUT2D eigenvalue weighted by molar-refractivity contribution is 6.12. The number of alkyl halides is 3. The third-order valence-electron chi connectivity index (χ3n) is 10.3. The lowest BCUT2D eigenvalue weighted by Crippen LogP contribution is -2.05. The molecule has 2 aromatic heterocycles. The van der Waals surface area contributed by atoms with Crippen LogP contribution in [-0.2, 0) is 6.18 Å². The molecule has 0 saturated heterocycles. The lowest BCUT2D eigenvalue weighted by atomic mass is 9.94. The largest absolute Gasteiger partial charge is 0.416 e. The topological polar surface area (TPSA) is 14.2 Å². The third-order valence-corrected chi connectivity index (χ3v) is 10.3. The summed E-state index contributed by atoms with van der Waals surface area (Å²) in [5.74, 6) is 0. The lowest BCUT2D eigenvalue weighted by molar-refractivity contribution is -0.137. The Morgan fingerprint density at radius 2 is 1.06 bits per heavy atom. The van der Waals surface area contributed by atoms with Crippen molar-refractivity contribution in [1.29, 1.82) is 0 Å². The maximum Gasteiger partial charge on any atom is 0.416 e. The Kier molecular flexibility index (Phi) is 7.32. The second-order valence-corrected chi connectivity index (χ2v) is 13.9. The van der Waals surface area contributed by atoms with Gasteiger partial charge in [0.2, 0.25) is 0 Å². The van der Waals surface area contributed by atoms with Gasteiger partial charge in [0.1, 0.15) is 0 Å². The van der Waals surface area contributed by atoms with Gasteiger partial charge in [0.15, 0.2) is 5.69 Å². The van der Waals surface area contributed by atoms with Crippen LogP contribution in [0, 0.1) is 27.3 Å². The summed E-state index contributed by atoms with van der Waals surface area (Å²) in [6.07, 6.45) is -4.48. The first-order valence-corrected chi connectivity index (χ1v) is 17.4. The Morgan fingerprint density at radius 3 is 1.66 bits per heavy atom. The quantitative estimate of drug-likeness (QED) is 0.163. The Bertz CT molecular complexity index is 2990. The average Bonchev–Trinajstić information content (AvgIpc) is 3.65. The molecule has 6 heteroatoms. The van der Waals surface area contributed by atoms with Crippen LogP contribution in [0.3, 0.4) is 0 Å². The summed E-state index contributed by atoms with van der Waals surface area (Å²) < 4.78 is 46.8. The van der Waals surface area contributed by atoms with Crippen molar-refractivity contribution >= 4 is 49.3 Å². The highest BCUT2D eigenvalue weighted by Crippen LogP contribution is 2.44. The van der Waals surface area contributed by atoms with Gasteiger partial charge in [-0.05, 0) is 110 Å². The number of rotatable bonds is 4. The fourth-order valence-corrected chi connectivity index (χ4v) is 7.93. The minimum absolute atomic E-state index is 0.481. The van der Waals surface area contributed by atoms with Crippen molar-refractivity contribution in [3.8, 4) is 33.6 Å². The smallest absolute Gasteiger partial charge is 0.309 e. The van der Waals surface area contributed by atoms with Gasteiger partial charge in [0, 0.05) is 27.1 Å². The van der Waals surface area contributed by atoms with Crippen LogP contribution < -0.4 is 0 Å². The van der Waals surface area contributed by atoms with Crippen molar-refractivity contribution in [1.82, 2.24) is 9.13 Å². The number of fused-ring (bicyclic) bond motifs is 6. The summed E-state index contributed by atoms with van der Waals surface area (Å²) >= 11 is 0. The molecule has 0 aliphatic heterocycles. The molecule has 0 fully saturated rings. The van der Waals surface area contributed by atoms with Crippen molar-refractivity contribution in [3.05, 3.63) is 173 Å². The molecule has 9 aromatic rings. The van der Waals surface area contributed by atoms with E-state index in [0.29, 0.717) is 22.4 Å². The molecule has 0 spiro atoms. The molecular weight excluding hydrogens is 664 g/mol. The van der Waals surface area contributed by atoms with E-state index in [1.165, 1.54) is 12.1 Å². The predicted molar refractivity (Wildman–Crippen MR) is 211 cm³/mol. The first kappa shape index (κ1) is 32.3. The van der Waals surface area contributed by atoms with Crippen LogP contribution in [0.15, 0.2) is 140 Å². The van der Waals surface area contributed by atoms with Gasteiger partial charge in [-0.1, -0.05) is 83.9 Å². The van der Waals surface area contributed by atoms with Gasteiger partial charge in [0.25, 0.3) is 0 Å². The van der Waals surface area contributed by atoms with Gasteiger partial charge in [0.05, 0.1) is 45.6 Å². The number of hydrogen-bond acceptors (Lipinski definition) is 0. The van der Waals surface area contributed by atoms with Crippen LogP contribution >= 0.6 is 0 Å². The summed E-state index contributed by atoms with van der Waals surface area (Å²) in [5, 5.41) is 4.42. The van der Waals surface area contributed by atoms with Crippen LogP contribution in [-0.4, -0.2) is 9.13 Å². The molecule has 0 bridgehead atoms. The van der Waals surface area contributed by atoms with Crippen molar-refractivity contribution < 1.29 is 13.2 Å². The molecule has 0 aliphatic rings. The van der Waals surface area contributed by atoms with Gasteiger partial charge >= 0.3 is 6.18 Å². The molecule has 0 N–H and O–H groups in total. The van der Waals surface area contributed by atoms with Gasteiger partial charge in [-0.15, -0.1) is 0 Å². The number of benzene rings is 7. The summed E-state index contributed by atoms with van der Waals surface area (Å²) in [6, 6.07) is 45.3. The Balaban J connectivity index is 1.41. The van der Waals surface area contributed by atoms with Crippen LogP contribution in [0.5, 0.6) is 0 Å². The molecule has 0 atom stereocenters. The molecular formula is C47H32F3N3. The number of hydrogen-bond donors (Lipinski definition) is 0. The van der Waals surface area contributed by atoms with Crippen LogP contribution in [0.4, 0.5) is 18.9 Å². The molecule has 9 rings (SSSR count). The van der Waals surface area contributed by atoms with Gasteiger partial charge in [-0.2, -0.15) is 13.2 Å². The van der Waals surface area contributed by atoms with Gasteiger partial charge < -0.3 is 9.13 Å². The number of halogens is 3. The highest BCUT2D eigenvalue weighted by Gasteiger charge is 2.31. The van der Waals surface area contributed by atoms with Crippen LogP contribution in [0.1, 0.15) is 22.3 Å². The first-order valence-electron chi connectivity index (χ1n) is 17.4. The number of aryl methyl sites for hydroxylation is 3. The minimum Gasteiger partial charge on any atom is -0.309 e. The zero-order valence-corrected chi connectivity index (χ0v) is 29.3. The Morgan fingerprint density at radius 1 is 0.472 bits per heavy atom. The van der Waals surface area contributed by atoms with E-state index in [0.717, 1.165) is 77.2 Å². The second-order valence-electron chi connectivity index (χ2n) is 13.9. The van der Waals surface area contributed by atoms with Gasteiger partial charge in [-0.25, -0.2) is 4.85 Å². The summed E-state index contributed by atoms with van der Waals surface area (Å²) in [6.45, 7) is 13.9. The standard InChI is InChI=1S/C47H32F3N3/c1-28-13-18-43-38(23-28)35-9-5-7-11-41(35)52(43)45-20-16-34(51-4)27-40(45)37-17-15-31(32-21-30(3)22-33(25-32)47(48,49)50)26-46(37)53-42-12-8-6-10-36(42)39-24-29(2)14-19-44(39)53/h5-27H,1-3H3. The molecule has 7 aromatic carbocycles. The fourth-order valence-electron chi connectivity index (χ4n) is 7.93. The van der Waals surface area contributed by atoms with Gasteiger partial charge in [-0.3, -0.25) is 0 Å². The molecule has 0 amide bonds. The van der Waals surface area contributed by atoms with E-state index in [9.17, 15) is 13.2 Å². The fraction of sp³-hybridized carbons (Fsp3) is 0.0851. The van der Waals surface area contributed by atoms with E-state index >= 15 is 0 Å². The zero-order chi connectivity index (χ0) is 36.6. The Hall–Kier alpha value is -6.58. The number of nitrogens with zero attached hydrogens (tertiary/aromatic N) is 3. The first-order chi connectivity index (χ1) is 25.6. The molecule has 0 saturated carbocycles. The third kappa shape index (κ3) is 5.27. The summed E-state index contributed by atoms with van der Waals surface area (Å²) in [5.41, 5.74) is 11.2. The van der Waals surface area contributed by atoms with Crippen molar-refractivity contribution in [3.63, 3.8) is 0 Å². The zero-order valence-electron chi connectivity index (χ0n) is 29.3.